The molecule has 2 aliphatic rings. The van der Waals surface area contributed by atoms with Crippen molar-refractivity contribution in [3.05, 3.63) is 41.9 Å². The molecule has 156 valence electrons. The summed E-state index contributed by atoms with van der Waals surface area (Å²) in [5, 5.41) is 12.2. The fraction of sp³-hybridized carbons (Fsp3) is 0.476. The highest BCUT2D eigenvalue weighted by molar-refractivity contribution is 5.91. The molecule has 0 N–H and O–H groups in total. The van der Waals surface area contributed by atoms with Gasteiger partial charge in [0.1, 0.15) is 5.75 Å². The normalized spacial score (nSPS) is 18.4. The van der Waals surface area contributed by atoms with Crippen LogP contribution in [0, 0.1) is 6.92 Å². The number of nitrogens with zero attached hydrogens (tertiary/aromatic N) is 6. The van der Waals surface area contributed by atoms with Gasteiger partial charge in [0, 0.05) is 13.1 Å². The van der Waals surface area contributed by atoms with Crippen molar-refractivity contribution in [1.29, 1.82) is 0 Å². The fourth-order valence-corrected chi connectivity index (χ4v) is 4.25. The molecule has 0 radical (unpaired) electrons. The number of amides is 1. The van der Waals surface area contributed by atoms with Crippen LogP contribution in [-0.4, -0.2) is 56.1 Å². The summed E-state index contributed by atoms with van der Waals surface area (Å²) in [6.07, 6.45) is 5.35. The molecule has 9 heteroatoms. The Labute approximate surface area is 174 Å². The molecule has 0 atom stereocenters. The van der Waals surface area contributed by atoms with E-state index in [-0.39, 0.29) is 17.4 Å². The first kappa shape index (κ1) is 18.8. The van der Waals surface area contributed by atoms with Gasteiger partial charge in [0.15, 0.2) is 11.5 Å². The SMILES string of the molecule is COc1ccc(C2(C(=O)N3CCC(n4cc(-c5nc(C)no5)nn4)CC3)CC2)cc1. The molecule has 1 aliphatic heterocycles. The molecule has 3 heterocycles. The van der Waals surface area contributed by atoms with Crippen LogP contribution in [0.5, 0.6) is 5.75 Å². The molecule has 0 spiro atoms. The molecule has 1 saturated heterocycles. The van der Waals surface area contributed by atoms with Crippen molar-refractivity contribution in [3.8, 4) is 17.3 Å². The van der Waals surface area contributed by atoms with Gasteiger partial charge in [-0.05, 0) is 50.3 Å². The number of aryl methyl sites for hydroxylation is 1. The van der Waals surface area contributed by atoms with E-state index < -0.39 is 0 Å². The fourth-order valence-electron chi connectivity index (χ4n) is 4.25. The number of carbonyl (C=O) groups excluding carboxylic acids is 1. The van der Waals surface area contributed by atoms with Crippen LogP contribution in [-0.2, 0) is 10.2 Å². The maximum atomic E-state index is 13.3. The van der Waals surface area contributed by atoms with Crippen molar-refractivity contribution >= 4 is 5.91 Å². The second kappa shape index (κ2) is 7.23. The molecule has 30 heavy (non-hydrogen) atoms. The van der Waals surface area contributed by atoms with E-state index in [2.05, 4.69) is 20.5 Å². The predicted octanol–water partition coefficient (Wildman–Crippen LogP) is 2.54. The third-order valence-electron chi connectivity index (χ3n) is 6.18. The average Bonchev–Trinajstić information content (AvgIpc) is 3.23. The molecule has 1 aliphatic carbocycles. The lowest BCUT2D eigenvalue weighted by Crippen LogP contribution is -2.44. The van der Waals surface area contributed by atoms with Crippen LogP contribution in [0.25, 0.3) is 11.6 Å². The van der Waals surface area contributed by atoms with Gasteiger partial charge in [0.25, 0.3) is 5.89 Å². The van der Waals surface area contributed by atoms with E-state index in [1.165, 1.54) is 0 Å². The zero-order chi connectivity index (χ0) is 20.7. The number of hydrogen-bond donors (Lipinski definition) is 0. The third kappa shape index (κ3) is 3.24. The van der Waals surface area contributed by atoms with E-state index in [0.717, 1.165) is 50.1 Å². The third-order valence-corrected chi connectivity index (χ3v) is 6.18. The van der Waals surface area contributed by atoms with Crippen molar-refractivity contribution in [2.24, 2.45) is 0 Å². The van der Waals surface area contributed by atoms with Crippen LogP contribution in [0.3, 0.4) is 0 Å². The van der Waals surface area contributed by atoms with Crippen molar-refractivity contribution in [2.75, 3.05) is 20.2 Å². The van der Waals surface area contributed by atoms with Gasteiger partial charge in [-0.15, -0.1) is 5.10 Å². The summed E-state index contributed by atoms with van der Waals surface area (Å²) in [7, 11) is 1.65. The van der Waals surface area contributed by atoms with Gasteiger partial charge < -0.3 is 14.2 Å². The summed E-state index contributed by atoms with van der Waals surface area (Å²) >= 11 is 0. The number of ether oxygens (including phenoxy) is 1. The Bertz CT molecular complexity index is 1040. The molecule has 5 rings (SSSR count). The Morgan fingerprint density at radius 3 is 2.53 bits per heavy atom. The summed E-state index contributed by atoms with van der Waals surface area (Å²) in [5.41, 5.74) is 1.31. The number of rotatable bonds is 5. The minimum atomic E-state index is -0.352. The molecule has 3 aromatic rings. The maximum absolute atomic E-state index is 13.3. The molecule has 2 fully saturated rings. The largest absolute Gasteiger partial charge is 0.497 e. The molecule has 0 unspecified atom stereocenters. The van der Waals surface area contributed by atoms with Gasteiger partial charge in [-0.2, -0.15) is 4.98 Å². The van der Waals surface area contributed by atoms with Crippen LogP contribution < -0.4 is 4.74 Å². The van der Waals surface area contributed by atoms with Gasteiger partial charge in [0.2, 0.25) is 5.91 Å². The highest BCUT2D eigenvalue weighted by Gasteiger charge is 2.53. The minimum Gasteiger partial charge on any atom is -0.497 e. The van der Waals surface area contributed by atoms with Gasteiger partial charge in [0.05, 0.1) is 24.8 Å². The van der Waals surface area contributed by atoms with Crippen molar-refractivity contribution in [3.63, 3.8) is 0 Å². The van der Waals surface area contributed by atoms with Crippen molar-refractivity contribution in [1.82, 2.24) is 30.0 Å². The lowest BCUT2D eigenvalue weighted by atomic mass is 9.92. The zero-order valence-electron chi connectivity index (χ0n) is 17.1. The molecule has 9 nitrogen and oxygen atoms in total. The number of piperidine rings is 1. The van der Waals surface area contributed by atoms with Crippen LogP contribution in [0.1, 0.15) is 43.1 Å². The summed E-state index contributed by atoms with van der Waals surface area (Å²) in [5.74, 6) is 2.00. The first-order chi connectivity index (χ1) is 14.6. The van der Waals surface area contributed by atoms with E-state index >= 15 is 0 Å². The number of benzene rings is 1. The Morgan fingerprint density at radius 2 is 1.93 bits per heavy atom. The molecular weight excluding hydrogens is 384 g/mol. The second-order valence-corrected chi connectivity index (χ2v) is 8.06. The van der Waals surface area contributed by atoms with E-state index in [1.807, 2.05) is 40.0 Å². The highest BCUT2D eigenvalue weighted by Crippen LogP contribution is 2.50. The van der Waals surface area contributed by atoms with Gasteiger partial charge in [-0.25, -0.2) is 4.68 Å². The Kier molecular flexibility index (Phi) is 4.52. The zero-order valence-corrected chi connectivity index (χ0v) is 17.1. The van der Waals surface area contributed by atoms with Gasteiger partial charge >= 0.3 is 0 Å². The number of carbonyl (C=O) groups is 1. The quantitative estimate of drug-likeness (QED) is 0.640. The topological polar surface area (TPSA) is 99.2 Å². The smallest absolute Gasteiger partial charge is 0.280 e. The first-order valence-electron chi connectivity index (χ1n) is 10.3. The predicted molar refractivity (Wildman–Crippen MR) is 107 cm³/mol. The average molecular weight is 408 g/mol. The first-order valence-corrected chi connectivity index (χ1v) is 10.3. The highest BCUT2D eigenvalue weighted by atomic mass is 16.5. The molecule has 2 aromatic heterocycles. The van der Waals surface area contributed by atoms with Crippen molar-refractivity contribution < 1.29 is 14.1 Å². The van der Waals surface area contributed by atoms with E-state index in [4.69, 9.17) is 9.26 Å². The van der Waals surface area contributed by atoms with Crippen LogP contribution in [0.4, 0.5) is 0 Å². The molecule has 1 aromatic carbocycles. The molecule has 1 amide bonds. The Hall–Kier alpha value is -3.23. The lowest BCUT2D eigenvalue weighted by molar-refractivity contribution is -0.135. The maximum Gasteiger partial charge on any atom is 0.280 e. The van der Waals surface area contributed by atoms with Gasteiger partial charge in [-0.1, -0.05) is 22.5 Å². The minimum absolute atomic E-state index is 0.204. The van der Waals surface area contributed by atoms with Crippen LogP contribution in [0.15, 0.2) is 35.0 Å². The lowest BCUT2D eigenvalue weighted by Gasteiger charge is -2.34. The summed E-state index contributed by atoms with van der Waals surface area (Å²) in [6.45, 7) is 3.20. The second-order valence-electron chi connectivity index (χ2n) is 8.06. The number of methoxy groups -OCH3 is 1. The Morgan fingerprint density at radius 1 is 1.20 bits per heavy atom. The number of likely N-dealkylation sites (tertiary alicyclic amines) is 1. The standard InChI is InChI=1S/C21H24N6O3/c1-14-22-19(30-24-14)18-13-27(25-23-18)16-7-11-26(12-8-16)20(28)21(9-10-21)15-3-5-17(29-2)6-4-15/h3-6,13,16H,7-12H2,1-2H3. The summed E-state index contributed by atoms with van der Waals surface area (Å²) < 4.78 is 12.3. The van der Waals surface area contributed by atoms with Gasteiger partial charge in [-0.3, -0.25) is 4.79 Å². The van der Waals surface area contributed by atoms with Crippen LogP contribution in [0.2, 0.25) is 0 Å². The van der Waals surface area contributed by atoms with E-state index in [1.54, 1.807) is 14.0 Å². The van der Waals surface area contributed by atoms with E-state index in [0.29, 0.717) is 17.4 Å². The van der Waals surface area contributed by atoms with Crippen molar-refractivity contribution in [2.45, 2.75) is 44.1 Å². The summed E-state index contributed by atoms with van der Waals surface area (Å²) in [6, 6.07) is 8.11. The van der Waals surface area contributed by atoms with Crippen LogP contribution >= 0.6 is 0 Å². The number of hydrogen-bond acceptors (Lipinski definition) is 7. The number of aromatic nitrogens is 5. The molecule has 1 saturated carbocycles. The van der Waals surface area contributed by atoms with E-state index in [9.17, 15) is 4.79 Å². The monoisotopic (exact) mass is 408 g/mol. The summed E-state index contributed by atoms with van der Waals surface area (Å²) in [4.78, 5) is 19.5. The molecule has 0 bridgehead atoms. The molecular formula is C21H24N6O3. The Balaban J connectivity index is 1.24.